The van der Waals surface area contributed by atoms with E-state index in [1.165, 1.54) is 10.8 Å². The molecule has 0 spiro atoms. The summed E-state index contributed by atoms with van der Waals surface area (Å²) in [5.74, 6) is 1.36. The molecule has 1 unspecified atom stereocenters. The number of H-pyrrole nitrogens is 1. The molecule has 12 heteroatoms. The van der Waals surface area contributed by atoms with E-state index in [1.54, 1.807) is 21.1 Å². The standard InChI is InChI=1S/C32H33N2O9P/c1-21-18-34(31(36)33-30(21)35)29-17-27(41-20-44(37)38)28(43-29)19-42-32(22-7-5-4-6-8-22,23-9-13-25(39-2)14-10-23)24-11-15-26(40-3)16-12-24/h4-16,18,27-29H,17,19-20H2,1-3H3,(H-,33,35,36,37,38)/p+1/t27-,28+,29+/m0/s1. The Bertz CT molecular complexity index is 1640. The Hall–Kier alpha value is -4.12. The fraction of sp³-hybridized carbons (Fsp3) is 0.312. The fourth-order valence-electron chi connectivity index (χ4n) is 5.44. The smallest absolute Gasteiger partial charge is 0.497 e. The van der Waals surface area contributed by atoms with Crippen molar-refractivity contribution in [2.45, 2.75) is 37.4 Å². The first-order chi connectivity index (χ1) is 21.2. The molecule has 0 radical (unpaired) electrons. The molecule has 1 aliphatic rings. The number of aryl methyl sites for hydroxylation is 1. The second kappa shape index (κ2) is 13.7. The molecule has 0 aliphatic carbocycles. The fourth-order valence-corrected chi connectivity index (χ4v) is 5.76. The van der Waals surface area contributed by atoms with Crippen LogP contribution in [0.2, 0.25) is 0 Å². The molecule has 1 saturated heterocycles. The lowest BCUT2D eigenvalue weighted by atomic mass is 9.80. The van der Waals surface area contributed by atoms with Gasteiger partial charge in [-0.2, -0.15) is 4.89 Å². The molecule has 0 saturated carbocycles. The monoisotopic (exact) mass is 621 g/mol. The summed E-state index contributed by atoms with van der Waals surface area (Å²) in [4.78, 5) is 36.4. The normalized spacial score (nSPS) is 18.6. The Morgan fingerprint density at radius 3 is 2.05 bits per heavy atom. The predicted molar refractivity (Wildman–Crippen MR) is 162 cm³/mol. The molecule has 2 heterocycles. The first-order valence-electron chi connectivity index (χ1n) is 14.0. The molecule has 11 nitrogen and oxygen atoms in total. The summed E-state index contributed by atoms with van der Waals surface area (Å²) < 4.78 is 42.8. The SMILES string of the molecule is COc1ccc(C(OC[C@H]2O[C@@H](n3cc(C)c(=O)[nH]c3=O)C[C@@H]2OC[P+](=O)O)(c2ccccc2)c2ccc(OC)cc2)cc1. The zero-order valence-electron chi connectivity index (χ0n) is 24.5. The molecular formula is C32H34N2O9P+. The maximum atomic E-state index is 12.7. The third kappa shape index (κ3) is 6.52. The van der Waals surface area contributed by atoms with E-state index < -0.39 is 49.7 Å². The first kappa shape index (κ1) is 31.3. The van der Waals surface area contributed by atoms with Gasteiger partial charge in [-0.3, -0.25) is 14.3 Å². The molecule has 3 aromatic carbocycles. The van der Waals surface area contributed by atoms with Crippen molar-refractivity contribution in [3.63, 3.8) is 0 Å². The van der Waals surface area contributed by atoms with Gasteiger partial charge in [0.05, 0.1) is 26.9 Å². The third-order valence-electron chi connectivity index (χ3n) is 7.67. The van der Waals surface area contributed by atoms with Crippen LogP contribution in [0.3, 0.4) is 0 Å². The number of rotatable bonds is 12. The number of hydrogen-bond donors (Lipinski definition) is 2. The van der Waals surface area contributed by atoms with Crippen LogP contribution in [0.5, 0.6) is 11.5 Å². The van der Waals surface area contributed by atoms with Crippen molar-refractivity contribution < 1.29 is 33.1 Å². The Kier molecular flexibility index (Phi) is 9.73. The van der Waals surface area contributed by atoms with E-state index in [9.17, 15) is 19.0 Å². The Morgan fingerprint density at radius 2 is 1.50 bits per heavy atom. The predicted octanol–water partition coefficient (Wildman–Crippen LogP) is 4.24. The van der Waals surface area contributed by atoms with E-state index in [-0.39, 0.29) is 13.0 Å². The van der Waals surface area contributed by atoms with Crippen LogP contribution in [-0.2, 0) is 24.4 Å². The van der Waals surface area contributed by atoms with E-state index >= 15 is 0 Å². The lowest BCUT2D eigenvalue weighted by molar-refractivity contribution is -0.101. The molecule has 230 valence electrons. The number of ether oxygens (including phenoxy) is 5. The summed E-state index contributed by atoms with van der Waals surface area (Å²) in [5, 5.41) is 0. The Labute approximate surface area is 254 Å². The van der Waals surface area contributed by atoms with Crippen LogP contribution in [0.4, 0.5) is 0 Å². The van der Waals surface area contributed by atoms with E-state index in [0.29, 0.717) is 17.1 Å². The van der Waals surface area contributed by atoms with E-state index in [0.717, 1.165) is 16.7 Å². The lowest BCUT2D eigenvalue weighted by Crippen LogP contribution is -2.38. The first-order valence-corrected chi connectivity index (χ1v) is 15.4. The van der Waals surface area contributed by atoms with Crippen LogP contribution in [0.25, 0.3) is 0 Å². The summed E-state index contributed by atoms with van der Waals surface area (Å²) >= 11 is 0. The molecule has 1 fully saturated rings. The molecule has 0 amide bonds. The number of benzene rings is 3. The largest absolute Gasteiger partial charge is 0.534 e. The van der Waals surface area contributed by atoms with Crippen molar-refractivity contribution in [2.75, 3.05) is 27.2 Å². The quantitative estimate of drug-likeness (QED) is 0.176. The summed E-state index contributed by atoms with van der Waals surface area (Å²) in [6.45, 7) is 1.57. The number of aromatic amines is 1. The van der Waals surface area contributed by atoms with Gasteiger partial charge >= 0.3 is 13.7 Å². The van der Waals surface area contributed by atoms with Gasteiger partial charge in [-0.15, -0.1) is 0 Å². The van der Waals surface area contributed by atoms with Crippen LogP contribution in [0, 0.1) is 6.92 Å². The number of hydrogen-bond acceptors (Lipinski definition) is 8. The van der Waals surface area contributed by atoms with Gasteiger partial charge in [0.15, 0.2) is 0 Å². The van der Waals surface area contributed by atoms with Crippen molar-refractivity contribution in [3.8, 4) is 11.5 Å². The Balaban J connectivity index is 1.57. The van der Waals surface area contributed by atoms with Gasteiger partial charge < -0.3 is 23.7 Å². The van der Waals surface area contributed by atoms with Crippen molar-refractivity contribution in [2.24, 2.45) is 0 Å². The van der Waals surface area contributed by atoms with Gasteiger partial charge in [0.25, 0.3) is 11.9 Å². The van der Waals surface area contributed by atoms with E-state index in [4.69, 9.17) is 23.7 Å². The molecule has 44 heavy (non-hydrogen) atoms. The van der Waals surface area contributed by atoms with Crippen LogP contribution in [0.15, 0.2) is 94.6 Å². The van der Waals surface area contributed by atoms with Gasteiger partial charge in [-0.25, -0.2) is 4.79 Å². The molecule has 0 bridgehead atoms. The molecule has 1 aromatic heterocycles. The van der Waals surface area contributed by atoms with Crippen LogP contribution < -0.4 is 20.7 Å². The molecule has 1 aliphatic heterocycles. The van der Waals surface area contributed by atoms with Crippen LogP contribution in [0.1, 0.15) is 34.9 Å². The summed E-state index contributed by atoms with van der Waals surface area (Å²) in [5.41, 5.74) is 0.550. The maximum absolute atomic E-state index is 12.7. The van der Waals surface area contributed by atoms with Gasteiger partial charge in [-0.05, 0) is 52.4 Å². The zero-order chi connectivity index (χ0) is 31.3. The van der Waals surface area contributed by atoms with Gasteiger partial charge in [0.1, 0.15) is 29.4 Å². The Morgan fingerprint density at radius 1 is 0.932 bits per heavy atom. The molecule has 5 rings (SSSR count). The number of methoxy groups -OCH3 is 2. The highest BCUT2D eigenvalue weighted by molar-refractivity contribution is 7.37. The second-order valence-electron chi connectivity index (χ2n) is 10.3. The second-order valence-corrected chi connectivity index (χ2v) is 11.3. The average Bonchev–Trinajstić information content (AvgIpc) is 3.45. The van der Waals surface area contributed by atoms with E-state index in [1.807, 2.05) is 78.9 Å². The topological polar surface area (TPSA) is 138 Å². The maximum Gasteiger partial charge on any atom is 0.534 e. The summed E-state index contributed by atoms with van der Waals surface area (Å²) in [7, 11) is 0.622. The minimum atomic E-state index is -2.58. The van der Waals surface area contributed by atoms with E-state index in [2.05, 4.69) is 4.98 Å². The van der Waals surface area contributed by atoms with Crippen molar-refractivity contribution >= 4 is 8.03 Å². The van der Waals surface area contributed by atoms with Crippen molar-refractivity contribution in [1.29, 1.82) is 0 Å². The molecular weight excluding hydrogens is 587 g/mol. The number of nitrogens with zero attached hydrogens (tertiary/aromatic N) is 1. The van der Waals surface area contributed by atoms with Crippen LogP contribution >= 0.6 is 8.03 Å². The lowest BCUT2D eigenvalue weighted by Gasteiger charge is -2.37. The third-order valence-corrected chi connectivity index (χ3v) is 8.04. The number of nitrogens with one attached hydrogen (secondary N) is 1. The molecule has 2 N–H and O–H groups in total. The minimum Gasteiger partial charge on any atom is -0.497 e. The van der Waals surface area contributed by atoms with Crippen molar-refractivity contribution in [1.82, 2.24) is 9.55 Å². The minimum absolute atomic E-state index is 0.0204. The average molecular weight is 622 g/mol. The molecule has 4 atom stereocenters. The highest BCUT2D eigenvalue weighted by Gasteiger charge is 2.43. The summed E-state index contributed by atoms with van der Waals surface area (Å²) in [6.07, 6.45) is -1.03. The summed E-state index contributed by atoms with van der Waals surface area (Å²) in [6, 6.07) is 24.9. The highest BCUT2D eigenvalue weighted by Crippen LogP contribution is 2.43. The van der Waals surface area contributed by atoms with Gasteiger partial charge in [0, 0.05) is 18.2 Å². The van der Waals surface area contributed by atoms with Gasteiger partial charge in [-0.1, -0.05) is 54.6 Å². The molecule has 4 aromatic rings. The van der Waals surface area contributed by atoms with Gasteiger partial charge in [0.2, 0.25) is 0 Å². The van der Waals surface area contributed by atoms with Crippen LogP contribution in [-0.4, -0.2) is 53.8 Å². The zero-order valence-corrected chi connectivity index (χ0v) is 25.4. The van der Waals surface area contributed by atoms with Crippen molar-refractivity contribution in [3.05, 3.63) is 128 Å². The highest BCUT2D eigenvalue weighted by atomic mass is 31.1. The number of aromatic nitrogens is 2.